The van der Waals surface area contributed by atoms with Crippen molar-refractivity contribution in [3.8, 4) is 0 Å². The Bertz CT molecular complexity index is 1250. The number of pyridine rings is 1. The van der Waals surface area contributed by atoms with Gasteiger partial charge in [0.05, 0.1) is 35.6 Å². The molecule has 5 rings (SSSR count). The molecule has 0 radical (unpaired) electrons. The molecule has 1 amide bonds. The number of alkyl halides is 6. The van der Waals surface area contributed by atoms with E-state index in [0.29, 0.717) is 23.9 Å². The molecule has 0 spiro atoms. The molecule has 1 saturated carbocycles. The molecule has 3 fully saturated rings. The van der Waals surface area contributed by atoms with E-state index in [0.717, 1.165) is 62.9 Å². The molecular weight excluding hydrogens is 562 g/mol. The average Bonchev–Trinajstić information content (AvgIpc) is 3.58. The van der Waals surface area contributed by atoms with Gasteiger partial charge in [-0.1, -0.05) is 26.2 Å². The van der Waals surface area contributed by atoms with Crippen LogP contribution in [-0.2, 0) is 23.6 Å². The lowest BCUT2D eigenvalue weighted by Gasteiger charge is -2.33. The topological polar surface area (TPSA) is 57.7 Å². The van der Waals surface area contributed by atoms with Gasteiger partial charge in [0.1, 0.15) is 11.9 Å². The van der Waals surface area contributed by atoms with Crippen LogP contribution in [0.5, 0.6) is 0 Å². The number of hydrogen-bond donors (Lipinski definition) is 1. The van der Waals surface area contributed by atoms with E-state index in [9.17, 15) is 31.1 Å². The zero-order chi connectivity index (χ0) is 30.2. The van der Waals surface area contributed by atoms with E-state index in [1.54, 1.807) is 6.92 Å². The molecule has 2 saturated heterocycles. The SMILES string of the molecule is CCC1CCCCC1Nc1ncc(N2CCCC2)cc1CN1C(=O)O[C@H](c2cc(C(F)(F)F)cc(C(F)(F)F)c2)[C@@H]1C. The molecule has 1 aliphatic carbocycles. The largest absolute Gasteiger partial charge is 0.439 e. The Balaban J connectivity index is 1.45. The van der Waals surface area contributed by atoms with Crippen LogP contribution in [0, 0.1) is 5.92 Å². The highest BCUT2D eigenvalue weighted by Gasteiger charge is 2.43. The van der Waals surface area contributed by atoms with Crippen LogP contribution in [0.2, 0.25) is 0 Å². The Kier molecular flexibility index (Phi) is 8.53. The first-order chi connectivity index (χ1) is 19.8. The number of halogens is 6. The van der Waals surface area contributed by atoms with Gasteiger partial charge < -0.3 is 15.0 Å². The quantitative estimate of drug-likeness (QED) is 0.326. The number of nitrogens with zero attached hydrogens (tertiary/aromatic N) is 3. The number of benzene rings is 1. The van der Waals surface area contributed by atoms with Gasteiger partial charge in [-0.05, 0) is 68.4 Å². The molecule has 12 heteroatoms. The van der Waals surface area contributed by atoms with Crippen LogP contribution in [0.3, 0.4) is 0 Å². The van der Waals surface area contributed by atoms with Crippen molar-refractivity contribution in [1.29, 1.82) is 0 Å². The maximum atomic E-state index is 13.5. The molecule has 3 aliphatic rings. The van der Waals surface area contributed by atoms with Crippen LogP contribution in [0.25, 0.3) is 0 Å². The summed E-state index contributed by atoms with van der Waals surface area (Å²) in [6.45, 7) is 5.55. The second-order valence-electron chi connectivity index (χ2n) is 11.6. The number of aromatic nitrogens is 1. The van der Waals surface area contributed by atoms with Crippen molar-refractivity contribution in [3.63, 3.8) is 0 Å². The molecule has 42 heavy (non-hydrogen) atoms. The Morgan fingerprint density at radius 3 is 2.21 bits per heavy atom. The van der Waals surface area contributed by atoms with Crippen molar-refractivity contribution in [2.75, 3.05) is 23.3 Å². The highest BCUT2D eigenvalue weighted by Crippen LogP contribution is 2.41. The lowest BCUT2D eigenvalue weighted by atomic mass is 9.83. The number of amides is 1. The number of ether oxygens (including phenoxy) is 1. The van der Waals surface area contributed by atoms with Crippen molar-refractivity contribution in [1.82, 2.24) is 9.88 Å². The van der Waals surface area contributed by atoms with Crippen molar-refractivity contribution < 1.29 is 35.9 Å². The summed E-state index contributed by atoms with van der Waals surface area (Å²) in [5, 5.41) is 3.60. The third-order valence-electron chi connectivity index (χ3n) is 8.85. The van der Waals surface area contributed by atoms with Gasteiger partial charge in [0.2, 0.25) is 0 Å². The van der Waals surface area contributed by atoms with E-state index in [2.05, 4.69) is 17.1 Å². The molecule has 230 valence electrons. The molecule has 2 aromatic rings. The van der Waals surface area contributed by atoms with Crippen LogP contribution >= 0.6 is 0 Å². The number of rotatable bonds is 7. The smallest absolute Gasteiger partial charge is 0.416 e. The van der Waals surface area contributed by atoms with Gasteiger partial charge in [-0.3, -0.25) is 4.90 Å². The van der Waals surface area contributed by atoms with Gasteiger partial charge >= 0.3 is 18.4 Å². The Hall–Kier alpha value is -3.18. The van der Waals surface area contributed by atoms with Crippen LogP contribution in [-0.4, -0.2) is 41.2 Å². The average molecular weight is 599 g/mol. The first kappa shape index (κ1) is 30.3. The summed E-state index contributed by atoms with van der Waals surface area (Å²) < 4.78 is 86.5. The highest BCUT2D eigenvalue weighted by atomic mass is 19.4. The predicted molar refractivity (Wildman–Crippen MR) is 146 cm³/mol. The van der Waals surface area contributed by atoms with Gasteiger partial charge in [0.15, 0.2) is 0 Å². The lowest BCUT2D eigenvalue weighted by molar-refractivity contribution is -0.143. The van der Waals surface area contributed by atoms with Crippen LogP contribution in [0.4, 0.5) is 42.6 Å². The Morgan fingerprint density at radius 2 is 1.60 bits per heavy atom. The minimum atomic E-state index is -5.00. The monoisotopic (exact) mass is 598 g/mol. The van der Waals surface area contributed by atoms with Gasteiger partial charge in [0.25, 0.3) is 0 Å². The fourth-order valence-corrected chi connectivity index (χ4v) is 6.44. The molecular formula is C30H36F6N4O2. The highest BCUT2D eigenvalue weighted by molar-refractivity contribution is 5.72. The van der Waals surface area contributed by atoms with Crippen LogP contribution in [0.15, 0.2) is 30.5 Å². The number of nitrogens with one attached hydrogen (secondary N) is 1. The predicted octanol–water partition coefficient (Wildman–Crippen LogP) is 8.18. The normalized spacial score (nSPS) is 25.2. The van der Waals surface area contributed by atoms with Gasteiger partial charge in [-0.25, -0.2) is 9.78 Å². The number of cyclic esters (lactones) is 1. The summed E-state index contributed by atoms with van der Waals surface area (Å²) in [7, 11) is 0. The maximum Gasteiger partial charge on any atom is 0.416 e. The van der Waals surface area contributed by atoms with Crippen molar-refractivity contribution in [3.05, 3.63) is 52.7 Å². The number of anilines is 2. The second kappa shape index (κ2) is 11.8. The third kappa shape index (κ3) is 6.41. The summed E-state index contributed by atoms with van der Waals surface area (Å²) in [6, 6.07) is 2.69. The van der Waals surface area contributed by atoms with E-state index in [1.165, 1.54) is 11.3 Å². The number of hydrogen-bond acceptors (Lipinski definition) is 5. The molecule has 6 nitrogen and oxygen atoms in total. The van der Waals surface area contributed by atoms with Crippen molar-refractivity contribution >= 4 is 17.6 Å². The van der Waals surface area contributed by atoms with Gasteiger partial charge in [0, 0.05) is 24.7 Å². The van der Waals surface area contributed by atoms with Gasteiger partial charge in [-0.15, -0.1) is 0 Å². The van der Waals surface area contributed by atoms with Crippen LogP contribution in [0.1, 0.15) is 87.2 Å². The zero-order valence-electron chi connectivity index (χ0n) is 23.7. The fourth-order valence-electron chi connectivity index (χ4n) is 6.44. The van der Waals surface area contributed by atoms with Crippen molar-refractivity contribution in [2.24, 2.45) is 5.92 Å². The molecule has 0 bridgehead atoms. The summed E-state index contributed by atoms with van der Waals surface area (Å²) in [5.74, 6) is 1.11. The van der Waals surface area contributed by atoms with E-state index >= 15 is 0 Å². The third-order valence-corrected chi connectivity index (χ3v) is 8.85. The number of carbonyl (C=O) groups excluding carboxylic acids is 1. The van der Waals surface area contributed by atoms with E-state index in [4.69, 9.17) is 9.72 Å². The summed E-state index contributed by atoms with van der Waals surface area (Å²) in [4.78, 5) is 21.4. The first-order valence-corrected chi connectivity index (χ1v) is 14.6. The van der Waals surface area contributed by atoms with Crippen molar-refractivity contribution in [2.45, 2.75) is 95.9 Å². The molecule has 2 aliphatic heterocycles. The Labute approximate surface area is 241 Å². The summed E-state index contributed by atoms with van der Waals surface area (Å²) in [5.41, 5.74) is -1.60. The van der Waals surface area contributed by atoms with E-state index in [-0.39, 0.29) is 24.2 Å². The summed E-state index contributed by atoms with van der Waals surface area (Å²) >= 11 is 0. The lowest BCUT2D eigenvalue weighted by Crippen LogP contribution is -2.34. The summed E-state index contributed by atoms with van der Waals surface area (Å²) in [6.07, 6.45) is -2.78. The number of carbonyl (C=O) groups is 1. The first-order valence-electron chi connectivity index (χ1n) is 14.6. The van der Waals surface area contributed by atoms with Crippen LogP contribution < -0.4 is 10.2 Å². The molecule has 4 atom stereocenters. The Morgan fingerprint density at radius 1 is 0.952 bits per heavy atom. The molecule has 1 aromatic carbocycles. The molecule has 1 N–H and O–H groups in total. The standard InChI is InChI=1S/C30H36F6N4O2/c1-3-19-8-4-5-9-25(19)38-27-21(14-24(16-37-27)39-10-6-7-11-39)17-40-18(2)26(42-28(40)41)20-12-22(29(31,32)33)15-23(13-20)30(34,35)36/h12-16,18-19,25-26H,3-11,17H2,1-2H3,(H,37,38)/t18-,19?,25?,26-/m0/s1. The van der Waals surface area contributed by atoms with E-state index < -0.39 is 41.7 Å². The fraction of sp³-hybridized carbons (Fsp3) is 0.600. The zero-order valence-corrected chi connectivity index (χ0v) is 23.7. The van der Waals surface area contributed by atoms with Gasteiger partial charge in [-0.2, -0.15) is 26.3 Å². The maximum absolute atomic E-state index is 13.5. The minimum absolute atomic E-state index is 0.0438. The minimum Gasteiger partial charge on any atom is -0.439 e. The molecule has 3 heterocycles. The molecule has 1 aromatic heterocycles. The molecule has 2 unspecified atom stereocenters. The second-order valence-corrected chi connectivity index (χ2v) is 11.6. The van der Waals surface area contributed by atoms with E-state index in [1.807, 2.05) is 12.3 Å².